The van der Waals surface area contributed by atoms with Crippen molar-refractivity contribution in [2.24, 2.45) is 5.41 Å². The van der Waals surface area contributed by atoms with E-state index in [1.165, 1.54) is 18.2 Å². The average Bonchev–Trinajstić information content (AvgIpc) is 3.12. The van der Waals surface area contributed by atoms with E-state index in [4.69, 9.17) is 9.57 Å². The molecule has 1 amide bonds. The summed E-state index contributed by atoms with van der Waals surface area (Å²) in [7, 11) is -3.63. The highest BCUT2D eigenvalue weighted by molar-refractivity contribution is 7.92. The van der Waals surface area contributed by atoms with Gasteiger partial charge in [-0.25, -0.2) is 18.0 Å². The fraction of sp³-hybridized carbons (Fsp3) is 0.179. The van der Waals surface area contributed by atoms with Gasteiger partial charge in [0.1, 0.15) is 0 Å². The Morgan fingerprint density at radius 3 is 2.00 bits per heavy atom. The summed E-state index contributed by atoms with van der Waals surface area (Å²) in [5, 5.41) is 0.797. The van der Waals surface area contributed by atoms with Crippen molar-refractivity contribution < 1.29 is 32.4 Å². The summed E-state index contributed by atoms with van der Waals surface area (Å²) in [6.07, 6.45) is 0.991. The molecule has 0 saturated heterocycles. The molecule has 38 heavy (non-hydrogen) atoms. The molecule has 0 radical (unpaired) electrons. The van der Waals surface area contributed by atoms with Gasteiger partial charge in [-0.2, -0.15) is 0 Å². The van der Waals surface area contributed by atoms with Gasteiger partial charge in [0.25, 0.3) is 5.91 Å². The zero-order valence-electron chi connectivity index (χ0n) is 21.2. The van der Waals surface area contributed by atoms with Crippen LogP contribution >= 0.6 is 0 Å². The second-order valence-corrected chi connectivity index (χ2v) is 11.4. The second kappa shape index (κ2) is 10.1. The van der Waals surface area contributed by atoms with Gasteiger partial charge in [0.05, 0.1) is 34.2 Å². The minimum absolute atomic E-state index is 0.0249. The molecule has 0 aromatic heterocycles. The van der Waals surface area contributed by atoms with Crippen LogP contribution in [0.4, 0.5) is 11.4 Å². The fourth-order valence-electron chi connectivity index (χ4n) is 3.61. The van der Waals surface area contributed by atoms with Gasteiger partial charge in [-0.1, -0.05) is 48.5 Å². The van der Waals surface area contributed by atoms with Crippen LogP contribution in [0, 0.1) is 5.41 Å². The number of carbonyl (C=O) groups is 3. The van der Waals surface area contributed by atoms with Crippen LogP contribution in [0.5, 0.6) is 0 Å². The van der Waals surface area contributed by atoms with Gasteiger partial charge in [0, 0.05) is 11.1 Å². The smallest absolute Gasteiger partial charge is 0.343 e. The van der Waals surface area contributed by atoms with E-state index in [-0.39, 0.29) is 33.8 Å². The van der Waals surface area contributed by atoms with Crippen LogP contribution < -0.4 is 9.79 Å². The first-order chi connectivity index (χ1) is 17.8. The number of ether oxygens (including phenoxy) is 1. The summed E-state index contributed by atoms with van der Waals surface area (Å²) >= 11 is 0. The highest BCUT2D eigenvalue weighted by atomic mass is 32.2. The number of sulfonamides is 1. The predicted octanol–water partition coefficient (Wildman–Crippen LogP) is 4.63. The van der Waals surface area contributed by atoms with Crippen molar-refractivity contribution in [3.05, 3.63) is 95.6 Å². The standard InChI is InChI=1S/C28H26N2O7S/c1-28(2,3)27(33)37-30-22-17-20(29-38(4,34)35)15-16-21(22)23(25(30)31)24(18-11-7-5-8-12-18)36-26(32)19-13-9-6-10-14-19/h5-17,29H,1-4H3/b24-23-. The Kier molecular flexibility index (Phi) is 7.10. The number of benzene rings is 3. The van der Waals surface area contributed by atoms with Gasteiger partial charge in [-0.05, 0) is 51.1 Å². The Hall–Kier alpha value is -4.44. The molecule has 0 spiro atoms. The van der Waals surface area contributed by atoms with Crippen molar-refractivity contribution in [3.8, 4) is 0 Å². The number of hydrogen-bond acceptors (Lipinski definition) is 7. The number of fused-ring (bicyclic) bond motifs is 1. The van der Waals surface area contributed by atoms with E-state index in [9.17, 15) is 22.8 Å². The Morgan fingerprint density at radius 1 is 0.868 bits per heavy atom. The number of esters is 1. The molecule has 1 aliphatic heterocycles. The molecule has 0 bridgehead atoms. The number of rotatable bonds is 6. The molecule has 0 unspecified atom stereocenters. The molecule has 0 aliphatic carbocycles. The first-order valence-electron chi connectivity index (χ1n) is 11.6. The molecule has 1 heterocycles. The molecule has 1 N–H and O–H groups in total. The number of hydrogen-bond donors (Lipinski definition) is 1. The minimum Gasteiger partial charge on any atom is -0.421 e. The van der Waals surface area contributed by atoms with E-state index < -0.39 is 33.3 Å². The molecule has 1 aliphatic rings. The maximum absolute atomic E-state index is 13.8. The first-order valence-corrected chi connectivity index (χ1v) is 13.5. The lowest BCUT2D eigenvalue weighted by Gasteiger charge is -2.22. The summed E-state index contributed by atoms with van der Waals surface area (Å²) in [5.41, 5.74) is 0.292. The van der Waals surface area contributed by atoms with Gasteiger partial charge < -0.3 is 9.57 Å². The van der Waals surface area contributed by atoms with Crippen molar-refractivity contribution in [1.82, 2.24) is 0 Å². The summed E-state index contributed by atoms with van der Waals surface area (Å²) in [4.78, 5) is 45.1. The highest BCUT2D eigenvalue weighted by Gasteiger charge is 2.41. The summed E-state index contributed by atoms with van der Waals surface area (Å²) in [6.45, 7) is 4.89. The maximum Gasteiger partial charge on any atom is 0.343 e. The lowest BCUT2D eigenvalue weighted by atomic mass is 9.98. The van der Waals surface area contributed by atoms with E-state index in [1.807, 2.05) is 0 Å². The van der Waals surface area contributed by atoms with E-state index in [2.05, 4.69) is 4.72 Å². The summed E-state index contributed by atoms with van der Waals surface area (Å²) in [5.74, 6) is -2.17. The number of nitrogens with one attached hydrogen (secondary N) is 1. The first kappa shape index (κ1) is 26.6. The zero-order chi connectivity index (χ0) is 27.7. The molecule has 3 aromatic rings. The van der Waals surface area contributed by atoms with Crippen molar-refractivity contribution >= 4 is 50.6 Å². The molecule has 3 aromatic carbocycles. The molecule has 0 fully saturated rings. The van der Waals surface area contributed by atoms with E-state index in [0.29, 0.717) is 5.56 Å². The zero-order valence-corrected chi connectivity index (χ0v) is 22.0. The third-order valence-corrected chi connectivity index (χ3v) is 6.05. The largest absolute Gasteiger partial charge is 0.421 e. The van der Waals surface area contributed by atoms with E-state index in [0.717, 1.165) is 11.3 Å². The molecule has 10 heteroatoms. The van der Waals surface area contributed by atoms with Crippen molar-refractivity contribution in [2.75, 3.05) is 16.0 Å². The maximum atomic E-state index is 13.8. The van der Waals surface area contributed by atoms with Crippen molar-refractivity contribution in [1.29, 1.82) is 0 Å². The normalized spacial score (nSPS) is 14.5. The molecule has 196 valence electrons. The third-order valence-electron chi connectivity index (χ3n) is 5.44. The van der Waals surface area contributed by atoms with Gasteiger partial charge in [0.15, 0.2) is 5.76 Å². The van der Waals surface area contributed by atoms with Crippen molar-refractivity contribution in [3.63, 3.8) is 0 Å². The molecule has 0 atom stereocenters. The van der Waals surface area contributed by atoms with Crippen LogP contribution in [0.3, 0.4) is 0 Å². The van der Waals surface area contributed by atoms with E-state index in [1.54, 1.807) is 81.4 Å². The quantitative estimate of drug-likeness (QED) is 0.278. The summed E-state index contributed by atoms with van der Waals surface area (Å²) in [6, 6.07) is 21.2. The highest BCUT2D eigenvalue weighted by Crippen LogP contribution is 2.43. The van der Waals surface area contributed by atoms with Crippen molar-refractivity contribution in [2.45, 2.75) is 20.8 Å². The average molecular weight is 535 g/mol. The second-order valence-electron chi connectivity index (χ2n) is 9.66. The lowest BCUT2D eigenvalue weighted by molar-refractivity contribution is -0.157. The SMILES string of the molecule is CC(C)(C)C(=O)ON1C(=O)/C(=C(\OC(=O)c2ccccc2)c2ccccc2)c2ccc(NS(C)(=O)=O)cc21. The Bertz CT molecular complexity index is 1540. The summed E-state index contributed by atoms with van der Waals surface area (Å²) < 4.78 is 31.8. The van der Waals surface area contributed by atoms with Crippen LogP contribution in [0.15, 0.2) is 78.9 Å². The lowest BCUT2D eigenvalue weighted by Crippen LogP contribution is -2.35. The number of amides is 1. The molecule has 0 saturated carbocycles. The topological polar surface area (TPSA) is 119 Å². The Morgan fingerprint density at radius 2 is 1.45 bits per heavy atom. The minimum atomic E-state index is -3.63. The predicted molar refractivity (Wildman–Crippen MR) is 143 cm³/mol. The van der Waals surface area contributed by atoms with Gasteiger partial charge in [-0.15, -0.1) is 5.06 Å². The van der Waals surface area contributed by atoms with E-state index >= 15 is 0 Å². The van der Waals surface area contributed by atoms with Crippen LogP contribution in [-0.2, 0) is 29.2 Å². The number of carbonyl (C=O) groups excluding carboxylic acids is 3. The fourth-order valence-corrected chi connectivity index (χ4v) is 4.17. The molecular weight excluding hydrogens is 508 g/mol. The Balaban J connectivity index is 1.91. The van der Waals surface area contributed by atoms with Crippen LogP contribution in [0.25, 0.3) is 11.3 Å². The number of anilines is 2. The number of nitrogens with zero attached hydrogens (tertiary/aromatic N) is 1. The van der Waals surface area contributed by atoms with Crippen LogP contribution in [0.1, 0.15) is 42.3 Å². The molecule has 4 rings (SSSR count). The molecule has 9 nitrogen and oxygen atoms in total. The third kappa shape index (κ3) is 5.76. The Labute approximate surface area is 220 Å². The van der Waals surface area contributed by atoms with Crippen LogP contribution in [0.2, 0.25) is 0 Å². The van der Waals surface area contributed by atoms with Gasteiger partial charge >= 0.3 is 11.9 Å². The van der Waals surface area contributed by atoms with Gasteiger partial charge in [-0.3, -0.25) is 9.52 Å². The monoisotopic (exact) mass is 534 g/mol. The number of hydroxylamine groups is 1. The molecular formula is C28H26N2O7S. The van der Waals surface area contributed by atoms with Crippen LogP contribution in [-0.4, -0.2) is 32.5 Å². The van der Waals surface area contributed by atoms with Gasteiger partial charge in [0.2, 0.25) is 10.0 Å².